The molecule has 1 aromatic heterocycles. The van der Waals surface area contributed by atoms with Crippen LogP contribution in [-0.4, -0.2) is 94.0 Å². The first kappa shape index (κ1) is 18.4. The van der Waals surface area contributed by atoms with Gasteiger partial charge in [-0.25, -0.2) is 0 Å². The van der Waals surface area contributed by atoms with Gasteiger partial charge in [0.15, 0.2) is 0 Å². The van der Waals surface area contributed by atoms with Crippen molar-refractivity contribution in [2.75, 3.05) is 46.3 Å². The predicted octanol–water partition coefficient (Wildman–Crippen LogP) is 0.0513. The van der Waals surface area contributed by atoms with Gasteiger partial charge in [0.2, 0.25) is 0 Å². The molecule has 3 heterocycles. The normalized spacial score (nSPS) is 25.9. The molecule has 1 N–H and O–H groups in total. The van der Waals surface area contributed by atoms with Crippen molar-refractivity contribution in [2.45, 2.75) is 32.4 Å². The summed E-state index contributed by atoms with van der Waals surface area (Å²) in [5, 5.41) is 15.0. The van der Waals surface area contributed by atoms with Crippen LogP contribution in [0.15, 0.2) is 6.07 Å². The van der Waals surface area contributed by atoms with Crippen LogP contribution in [0.3, 0.4) is 0 Å². The second-order valence-electron chi connectivity index (χ2n) is 7.93. The van der Waals surface area contributed by atoms with Crippen LogP contribution in [-0.2, 0) is 13.5 Å². The number of amides is 1. The maximum absolute atomic E-state index is 12.9. The van der Waals surface area contributed by atoms with E-state index in [1.807, 2.05) is 13.1 Å². The number of piperazine rings is 1. The fraction of sp³-hybridized carbons (Fsp3) is 0.778. The summed E-state index contributed by atoms with van der Waals surface area (Å²) in [7, 11) is 3.94. The van der Waals surface area contributed by atoms with E-state index < -0.39 is 6.10 Å². The van der Waals surface area contributed by atoms with Gasteiger partial charge in [-0.15, -0.1) is 0 Å². The highest BCUT2D eigenvalue weighted by atomic mass is 16.3. The number of carbonyl (C=O) groups excluding carboxylic acids is 1. The second-order valence-corrected chi connectivity index (χ2v) is 7.93. The largest absolute Gasteiger partial charge is 0.390 e. The van der Waals surface area contributed by atoms with E-state index in [1.165, 1.54) is 0 Å². The minimum absolute atomic E-state index is 0.0271. The van der Waals surface area contributed by atoms with Gasteiger partial charge in [-0.3, -0.25) is 14.4 Å². The highest BCUT2D eigenvalue weighted by Gasteiger charge is 2.39. The molecule has 1 amide bonds. The van der Waals surface area contributed by atoms with E-state index >= 15 is 0 Å². The lowest BCUT2D eigenvalue weighted by Crippen LogP contribution is -2.52. The Balaban J connectivity index is 1.66. The molecule has 2 saturated heterocycles. The maximum Gasteiger partial charge on any atom is 0.272 e. The molecule has 0 radical (unpaired) electrons. The van der Waals surface area contributed by atoms with E-state index in [2.05, 4.69) is 35.8 Å². The van der Waals surface area contributed by atoms with Crippen LogP contribution in [0.5, 0.6) is 0 Å². The molecule has 0 unspecified atom stereocenters. The minimum atomic E-state index is -0.476. The summed E-state index contributed by atoms with van der Waals surface area (Å²) in [6, 6.07) is 1.94. The minimum Gasteiger partial charge on any atom is -0.390 e. The molecule has 0 bridgehead atoms. The summed E-state index contributed by atoms with van der Waals surface area (Å²) in [6.45, 7) is 9.21. The maximum atomic E-state index is 12.9. The first-order valence-electron chi connectivity index (χ1n) is 9.28. The zero-order chi connectivity index (χ0) is 18.1. The Morgan fingerprint density at radius 2 is 1.92 bits per heavy atom. The molecule has 2 fully saturated rings. The van der Waals surface area contributed by atoms with E-state index in [9.17, 15) is 9.90 Å². The molecule has 0 aromatic carbocycles. The van der Waals surface area contributed by atoms with Gasteiger partial charge in [0.1, 0.15) is 5.69 Å². The van der Waals surface area contributed by atoms with Crippen LogP contribution in [0.4, 0.5) is 0 Å². The molecule has 2 aliphatic heterocycles. The zero-order valence-corrected chi connectivity index (χ0v) is 15.9. The van der Waals surface area contributed by atoms with Crippen LogP contribution >= 0.6 is 0 Å². The monoisotopic (exact) mass is 349 g/mol. The molecule has 7 heteroatoms. The number of likely N-dealkylation sites (tertiary alicyclic amines) is 1. The van der Waals surface area contributed by atoms with Gasteiger partial charge in [0, 0.05) is 46.3 Å². The molecule has 3 rings (SSSR count). The van der Waals surface area contributed by atoms with Gasteiger partial charge < -0.3 is 14.9 Å². The average Bonchev–Trinajstić information content (AvgIpc) is 3.10. The molecular formula is C18H31N5O2. The summed E-state index contributed by atoms with van der Waals surface area (Å²) in [5.74, 6) is 0.480. The third-order valence-electron chi connectivity index (χ3n) is 5.32. The van der Waals surface area contributed by atoms with Crippen molar-refractivity contribution in [3.8, 4) is 0 Å². The highest BCUT2D eigenvalue weighted by molar-refractivity contribution is 5.93. The Kier molecular flexibility index (Phi) is 5.46. The molecule has 140 valence electrons. The lowest BCUT2D eigenvalue weighted by molar-refractivity contribution is 0.0512. The van der Waals surface area contributed by atoms with Gasteiger partial charge in [0.05, 0.1) is 17.8 Å². The molecule has 0 saturated carbocycles. The van der Waals surface area contributed by atoms with Crippen LogP contribution in [0, 0.1) is 5.92 Å². The van der Waals surface area contributed by atoms with Crippen molar-refractivity contribution in [2.24, 2.45) is 13.0 Å². The highest BCUT2D eigenvalue weighted by Crippen LogP contribution is 2.20. The Morgan fingerprint density at radius 3 is 2.56 bits per heavy atom. The van der Waals surface area contributed by atoms with Gasteiger partial charge in [-0.2, -0.15) is 5.10 Å². The van der Waals surface area contributed by atoms with Crippen molar-refractivity contribution in [1.29, 1.82) is 0 Å². The molecule has 2 atom stereocenters. The number of nitrogens with zero attached hydrogens (tertiary/aromatic N) is 5. The quantitative estimate of drug-likeness (QED) is 0.832. The summed E-state index contributed by atoms with van der Waals surface area (Å²) in [5.41, 5.74) is 1.57. The Labute approximate surface area is 150 Å². The van der Waals surface area contributed by atoms with Crippen LogP contribution in [0.2, 0.25) is 0 Å². The van der Waals surface area contributed by atoms with Gasteiger partial charge in [-0.1, -0.05) is 13.8 Å². The second kappa shape index (κ2) is 7.43. The van der Waals surface area contributed by atoms with Crippen molar-refractivity contribution in [3.63, 3.8) is 0 Å². The predicted molar refractivity (Wildman–Crippen MR) is 96.5 cm³/mol. The Bertz CT molecular complexity index is 607. The smallest absolute Gasteiger partial charge is 0.272 e. The third-order valence-corrected chi connectivity index (χ3v) is 5.32. The summed E-state index contributed by atoms with van der Waals surface area (Å²) in [6.07, 6.45) is 0.393. The van der Waals surface area contributed by atoms with Crippen LogP contribution in [0.1, 0.15) is 30.0 Å². The number of aryl methyl sites for hydroxylation is 1. The lowest BCUT2D eigenvalue weighted by atomic mass is 10.1. The molecule has 2 aliphatic rings. The number of rotatable bonds is 4. The number of hydrogen-bond acceptors (Lipinski definition) is 5. The van der Waals surface area contributed by atoms with Gasteiger partial charge in [0.25, 0.3) is 5.91 Å². The third kappa shape index (κ3) is 4.04. The van der Waals surface area contributed by atoms with Crippen molar-refractivity contribution in [1.82, 2.24) is 24.5 Å². The molecule has 25 heavy (non-hydrogen) atoms. The molecule has 7 nitrogen and oxygen atoms in total. The number of β-amino-alcohol motifs (C(OH)–C–C–N with tert-alkyl or cyclic N) is 1. The molecule has 1 aromatic rings. The van der Waals surface area contributed by atoms with Gasteiger partial charge in [-0.05, 0) is 25.5 Å². The Morgan fingerprint density at radius 1 is 1.24 bits per heavy atom. The van der Waals surface area contributed by atoms with E-state index in [1.54, 1.807) is 9.58 Å². The Hall–Kier alpha value is -1.44. The van der Waals surface area contributed by atoms with E-state index in [4.69, 9.17) is 0 Å². The summed E-state index contributed by atoms with van der Waals surface area (Å²) in [4.78, 5) is 19.3. The average molecular weight is 349 g/mol. The number of aliphatic hydroxyl groups excluding tert-OH is 1. The number of aliphatic hydroxyl groups is 1. The zero-order valence-electron chi connectivity index (χ0n) is 15.9. The van der Waals surface area contributed by atoms with E-state index in [0.29, 0.717) is 24.7 Å². The number of aromatic nitrogens is 2. The van der Waals surface area contributed by atoms with E-state index in [-0.39, 0.29) is 11.9 Å². The summed E-state index contributed by atoms with van der Waals surface area (Å²) < 4.78 is 1.68. The molecule has 0 spiro atoms. The van der Waals surface area contributed by atoms with Crippen LogP contribution in [0.25, 0.3) is 0 Å². The van der Waals surface area contributed by atoms with Gasteiger partial charge >= 0.3 is 0 Å². The van der Waals surface area contributed by atoms with Crippen LogP contribution < -0.4 is 0 Å². The topological polar surface area (TPSA) is 64.8 Å². The number of likely N-dealkylation sites (N-methyl/N-ethyl adjacent to an activating group) is 1. The SMILES string of the molecule is CC(C)Cc1cc(C(=O)N2C[C@@H](O)[C@H](N3CCN(C)CC3)C2)n(C)n1. The van der Waals surface area contributed by atoms with Crippen molar-refractivity contribution in [3.05, 3.63) is 17.5 Å². The standard InChI is InChI=1S/C18H31N5O2/c1-13(2)9-14-10-15(21(4)19-14)18(25)23-11-16(17(24)12-23)22-7-5-20(3)6-8-22/h10,13,16-17,24H,5-9,11-12H2,1-4H3/t16-,17-/m1/s1. The fourth-order valence-corrected chi connectivity index (χ4v) is 3.85. The van der Waals surface area contributed by atoms with Crippen molar-refractivity contribution < 1.29 is 9.90 Å². The fourth-order valence-electron chi connectivity index (χ4n) is 3.85. The molecule has 0 aliphatic carbocycles. The first-order chi connectivity index (χ1) is 11.8. The molecular weight excluding hydrogens is 318 g/mol. The summed E-state index contributed by atoms with van der Waals surface area (Å²) >= 11 is 0. The first-order valence-corrected chi connectivity index (χ1v) is 9.28. The lowest BCUT2D eigenvalue weighted by Gasteiger charge is -2.37. The number of carbonyl (C=O) groups is 1. The van der Waals surface area contributed by atoms with E-state index in [0.717, 1.165) is 38.3 Å². The van der Waals surface area contributed by atoms with Crippen molar-refractivity contribution >= 4 is 5.91 Å². The number of hydrogen-bond donors (Lipinski definition) is 1.